The van der Waals surface area contributed by atoms with Gasteiger partial charge in [0.1, 0.15) is 11.6 Å². The highest BCUT2D eigenvalue weighted by atomic mass is 32.1. The maximum absolute atomic E-state index is 12.8. The van der Waals surface area contributed by atoms with E-state index >= 15 is 0 Å². The van der Waals surface area contributed by atoms with E-state index in [0.29, 0.717) is 5.56 Å². The number of halogens is 1. The standard InChI is InChI=1S/C18H15FN4O5S/c19-13-4-1-12(2-5-13)3-10-16(24)20-18(29)22-21-17(25)11-28-15-8-6-14(7-9-15)23(26)27/h1-10H,11H2,(H,21,25)(H2,20,22,24,29)/b10-3+. The number of hydrogen-bond acceptors (Lipinski definition) is 6. The van der Waals surface area contributed by atoms with E-state index in [2.05, 4.69) is 16.2 Å². The van der Waals surface area contributed by atoms with E-state index in [1.165, 1.54) is 60.7 Å². The first kappa shape index (κ1) is 21.4. The van der Waals surface area contributed by atoms with E-state index in [1.807, 2.05) is 0 Å². The third kappa shape index (κ3) is 7.72. The van der Waals surface area contributed by atoms with Gasteiger partial charge in [-0.25, -0.2) is 4.39 Å². The van der Waals surface area contributed by atoms with Crippen LogP contribution < -0.4 is 20.9 Å². The number of thiocarbonyl (C=S) groups is 1. The van der Waals surface area contributed by atoms with Crippen LogP contribution >= 0.6 is 12.2 Å². The highest BCUT2D eigenvalue weighted by Gasteiger charge is 2.07. The van der Waals surface area contributed by atoms with E-state index in [-0.39, 0.29) is 29.0 Å². The second kappa shape index (κ2) is 10.5. The molecule has 2 rings (SSSR count). The van der Waals surface area contributed by atoms with Gasteiger partial charge in [0.2, 0.25) is 5.91 Å². The molecule has 0 aliphatic heterocycles. The van der Waals surface area contributed by atoms with Crippen LogP contribution in [0.4, 0.5) is 10.1 Å². The molecule has 0 aliphatic carbocycles. The van der Waals surface area contributed by atoms with Crippen molar-refractivity contribution in [1.82, 2.24) is 16.2 Å². The molecule has 2 amide bonds. The van der Waals surface area contributed by atoms with Crippen molar-refractivity contribution >= 4 is 40.9 Å². The highest BCUT2D eigenvalue weighted by Crippen LogP contribution is 2.16. The maximum atomic E-state index is 12.8. The Morgan fingerprint density at radius 3 is 2.38 bits per heavy atom. The average molecular weight is 418 g/mol. The largest absolute Gasteiger partial charge is 0.484 e. The minimum atomic E-state index is -0.596. The van der Waals surface area contributed by atoms with Crippen LogP contribution in [0, 0.1) is 15.9 Å². The van der Waals surface area contributed by atoms with Crippen LogP contribution in [0.3, 0.4) is 0 Å². The number of nitro groups is 1. The van der Waals surface area contributed by atoms with Crippen molar-refractivity contribution in [3.05, 3.63) is 76.1 Å². The fourth-order valence-electron chi connectivity index (χ4n) is 1.91. The normalized spacial score (nSPS) is 10.2. The lowest BCUT2D eigenvalue weighted by atomic mass is 10.2. The number of nitro benzene ring substituents is 1. The molecular formula is C18H15FN4O5S. The van der Waals surface area contributed by atoms with Crippen molar-refractivity contribution in [2.24, 2.45) is 0 Å². The summed E-state index contributed by atoms with van der Waals surface area (Å²) in [6, 6.07) is 10.7. The molecule has 0 spiro atoms. The molecule has 150 valence electrons. The van der Waals surface area contributed by atoms with E-state index < -0.39 is 16.7 Å². The topological polar surface area (TPSA) is 123 Å². The Morgan fingerprint density at radius 1 is 1.10 bits per heavy atom. The molecule has 0 bridgehead atoms. The van der Waals surface area contributed by atoms with Crippen LogP contribution in [0.2, 0.25) is 0 Å². The fourth-order valence-corrected chi connectivity index (χ4v) is 2.06. The van der Waals surface area contributed by atoms with E-state index in [0.717, 1.165) is 0 Å². The number of non-ortho nitro benzene ring substituents is 1. The summed E-state index contributed by atoms with van der Waals surface area (Å²) in [5.41, 5.74) is 5.07. The molecule has 0 saturated carbocycles. The number of hydrogen-bond donors (Lipinski definition) is 3. The van der Waals surface area contributed by atoms with Crippen molar-refractivity contribution in [2.45, 2.75) is 0 Å². The third-order valence-corrected chi connectivity index (χ3v) is 3.47. The van der Waals surface area contributed by atoms with Crippen molar-refractivity contribution in [3.8, 4) is 5.75 Å². The van der Waals surface area contributed by atoms with E-state index in [1.54, 1.807) is 0 Å². The number of carbonyl (C=O) groups excluding carboxylic acids is 2. The Balaban J connectivity index is 1.69. The summed E-state index contributed by atoms with van der Waals surface area (Å²) in [6.07, 6.45) is 2.66. The summed E-state index contributed by atoms with van der Waals surface area (Å²) in [5, 5.41) is 12.7. The van der Waals surface area contributed by atoms with Gasteiger partial charge in [-0.1, -0.05) is 12.1 Å². The number of nitrogens with one attached hydrogen (secondary N) is 3. The lowest BCUT2D eigenvalue weighted by Crippen LogP contribution is -2.49. The zero-order chi connectivity index (χ0) is 21.2. The average Bonchev–Trinajstić information content (AvgIpc) is 2.70. The SMILES string of the molecule is O=C(/C=C/c1ccc(F)cc1)NC(=S)NNC(=O)COc1ccc([N+](=O)[O-])cc1. The Hall–Kier alpha value is -3.86. The number of carbonyl (C=O) groups is 2. The van der Waals surface area contributed by atoms with Crippen molar-refractivity contribution < 1.29 is 23.6 Å². The molecule has 0 saturated heterocycles. The van der Waals surface area contributed by atoms with Crippen LogP contribution in [-0.2, 0) is 9.59 Å². The number of hydrazine groups is 1. The molecule has 0 atom stereocenters. The first-order chi connectivity index (χ1) is 13.8. The van der Waals surface area contributed by atoms with Crippen molar-refractivity contribution in [1.29, 1.82) is 0 Å². The van der Waals surface area contributed by atoms with Crippen LogP contribution in [0.1, 0.15) is 5.56 Å². The maximum Gasteiger partial charge on any atom is 0.276 e. The summed E-state index contributed by atoms with van der Waals surface area (Å²) in [7, 11) is 0. The number of amides is 2. The van der Waals surface area contributed by atoms with Gasteiger partial charge in [0.15, 0.2) is 11.7 Å². The van der Waals surface area contributed by atoms with Gasteiger partial charge in [0, 0.05) is 18.2 Å². The molecule has 2 aromatic carbocycles. The van der Waals surface area contributed by atoms with Gasteiger partial charge in [0.25, 0.3) is 11.6 Å². The summed E-state index contributed by atoms with van der Waals surface area (Å²) >= 11 is 4.87. The van der Waals surface area contributed by atoms with Gasteiger partial charge in [-0.15, -0.1) is 0 Å². The number of nitrogens with zero attached hydrogens (tertiary/aromatic N) is 1. The van der Waals surface area contributed by atoms with Crippen LogP contribution in [0.5, 0.6) is 5.75 Å². The lowest BCUT2D eigenvalue weighted by molar-refractivity contribution is -0.384. The molecule has 11 heteroatoms. The van der Waals surface area contributed by atoms with Gasteiger partial charge in [-0.2, -0.15) is 0 Å². The van der Waals surface area contributed by atoms with Crippen LogP contribution in [-0.4, -0.2) is 28.5 Å². The Labute approximate surface area is 169 Å². The molecule has 0 aromatic heterocycles. The second-order valence-electron chi connectivity index (χ2n) is 5.42. The molecular weight excluding hydrogens is 403 g/mol. The Kier molecular flexibility index (Phi) is 7.74. The first-order valence-electron chi connectivity index (χ1n) is 8.04. The van der Waals surface area contributed by atoms with Crippen LogP contribution in [0.15, 0.2) is 54.6 Å². The van der Waals surface area contributed by atoms with E-state index in [4.69, 9.17) is 17.0 Å². The van der Waals surface area contributed by atoms with Crippen molar-refractivity contribution in [3.63, 3.8) is 0 Å². The van der Waals surface area contributed by atoms with E-state index in [9.17, 15) is 24.1 Å². The van der Waals surface area contributed by atoms with Gasteiger partial charge in [0.05, 0.1) is 4.92 Å². The fraction of sp³-hybridized carbons (Fsp3) is 0.0556. The summed E-state index contributed by atoms with van der Waals surface area (Å²) in [5.74, 6) is -1.26. The second-order valence-corrected chi connectivity index (χ2v) is 5.82. The zero-order valence-electron chi connectivity index (χ0n) is 14.8. The monoisotopic (exact) mass is 418 g/mol. The minimum Gasteiger partial charge on any atom is -0.484 e. The Morgan fingerprint density at radius 2 is 1.76 bits per heavy atom. The van der Waals surface area contributed by atoms with Crippen molar-refractivity contribution in [2.75, 3.05) is 6.61 Å². The lowest BCUT2D eigenvalue weighted by Gasteiger charge is -2.10. The first-order valence-corrected chi connectivity index (χ1v) is 8.45. The van der Waals surface area contributed by atoms with Gasteiger partial charge >= 0.3 is 0 Å². The molecule has 0 unspecified atom stereocenters. The van der Waals surface area contributed by atoms with Gasteiger partial charge in [-0.3, -0.25) is 35.9 Å². The smallest absolute Gasteiger partial charge is 0.276 e. The molecule has 29 heavy (non-hydrogen) atoms. The highest BCUT2D eigenvalue weighted by molar-refractivity contribution is 7.80. The number of rotatable bonds is 6. The predicted molar refractivity (Wildman–Crippen MR) is 106 cm³/mol. The predicted octanol–water partition coefficient (Wildman–Crippen LogP) is 1.85. The summed E-state index contributed by atoms with van der Waals surface area (Å²) in [6.45, 7) is -0.383. The summed E-state index contributed by atoms with van der Waals surface area (Å²) < 4.78 is 18.0. The zero-order valence-corrected chi connectivity index (χ0v) is 15.6. The number of ether oxygens (including phenoxy) is 1. The molecule has 2 aromatic rings. The molecule has 0 aliphatic rings. The summed E-state index contributed by atoms with van der Waals surface area (Å²) in [4.78, 5) is 33.4. The van der Waals surface area contributed by atoms with Gasteiger partial charge < -0.3 is 4.74 Å². The minimum absolute atomic E-state index is 0.0990. The van der Waals surface area contributed by atoms with Gasteiger partial charge in [-0.05, 0) is 48.1 Å². The van der Waals surface area contributed by atoms with Crippen LogP contribution in [0.25, 0.3) is 6.08 Å². The number of benzene rings is 2. The molecule has 0 fully saturated rings. The quantitative estimate of drug-likeness (QED) is 0.283. The Bertz CT molecular complexity index is 932. The molecule has 0 heterocycles. The molecule has 3 N–H and O–H groups in total. The third-order valence-electron chi connectivity index (χ3n) is 3.27. The molecule has 9 nitrogen and oxygen atoms in total. The molecule has 0 radical (unpaired) electrons.